The maximum absolute atomic E-state index is 2.69. The lowest BCUT2D eigenvalue weighted by molar-refractivity contribution is 0.118. The van der Waals surface area contributed by atoms with Crippen LogP contribution in [0.5, 0.6) is 0 Å². The van der Waals surface area contributed by atoms with Gasteiger partial charge in [0.15, 0.2) is 0 Å². The van der Waals surface area contributed by atoms with E-state index in [0.717, 1.165) is 16.4 Å². The molecule has 3 heterocycles. The highest BCUT2D eigenvalue weighted by Crippen LogP contribution is 2.40. The molecule has 0 radical (unpaired) electrons. The van der Waals surface area contributed by atoms with Crippen molar-refractivity contribution >= 4 is 11.8 Å². The lowest BCUT2D eigenvalue weighted by Gasteiger charge is -2.45. The van der Waals surface area contributed by atoms with Crippen molar-refractivity contribution in [3.05, 3.63) is 0 Å². The Bertz CT molecular complexity index is 205. The summed E-state index contributed by atoms with van der Waals surface area (Å²) >= 11 is 2.36. The quantitative estimate of drug-likeness (QED) is 0.710. The molecule has 0 spiro atoms. The number of hydrogen-bond acceptors (Lipinski definition) is 2. The lowest BCUT2D eigenvalue weighted by Crippen LogP contribution is -2.49. The van der Waals surface area contributed by atoms with E-state index >= 15 is 0 Å². The minimum absolute atomic E-state index is 0.996. The van der Waals surface area contributed by atoms with Crippen molar-refractivity contribution in [2.24, 2.45) is 5.92 Å². The third-order valence-electron chi connectivity index (χ3n) is 4.52. The predicted octanol–water partition coefficient (Wildman–Crippen LogP) is 3.15. The number of hydrogen-bond donors (Lipinski definition) is 0. The summed E-state index contributed by atoms with van der Waals surface area (Å²) in [4.78, 5) is 2.69. The SMILES string of the molecule is C1CCC(S[C@H]2CN3CCC2CC3)CC1. The van der Waals surface area contributed by atoms with Crippen LogP contribution in [0.4, 0.5) is 0 Å². The Morgan fingerprint density at radius 1 is 0.867 bits per heavy atom. The minimum Gasteiger partial charge on any atom is -0.302 e. The monoisotopic (exact) mass is 225 g/mol. The summed E-state index contributed by atoms with van der Waals surface area (Å²) < 4.78 is 0. The van der Waals surface area contributed by atoms with Crippen LogP contribution in [0.3, 0.4) is 0 Å². The van der Waals surface area contributed by atoms with Gasteiger partial charge in [-0.3, -0.25) is 0 Å². The fourth-order valence-corrected chi connectivity index (χ4v) is 5.40. The zero-order chi connectivity index (χ0) is 10.1. The van der Waals surface area contributed by atoms with Crippen LogP contribution in [0.15, 0.2) is 0 Å². The van der Waals surface area contributed by atoms with Gasteiger partial charge in [0.1, 0.15) is 0 Å². The van der Waals surface area contributed by atoms with Crippen molar-refractivity contribution in [3.8, 4) is 0 Å². The standard InChI is InChI=1S/C13H23NS/c1-2-4-12(5-3-1)15-13-10-14-8-6-11(13)7-9-14/h11-13H,1-10H2/t13-/m0/s1. The van der Waals surface area contributed by atoms with E-state index in [0.29, 0.717) is 0 Å². The van der Waals surface area contributed by atoms with E-state index in [9.17, 15) is 0 Å². The van der Waals surface area contributed by atoms with Crippen LogP contribution in [0, 0.1) is 5.92 Å². The largest absolute Gasteiger partial charge is 0.302 e. The summed E-state index contributed by atoms with van der Waals surface area (Å²) in [7, 11) is 0. The van der Waals surface area contributed by atoms with Gasteiger partial charge in [-0.15, -0.1) is 0 Å². The molecule has 2 heteroatoms. The van der Waals surface area contributed by atoms with Crippen LogP contribution in [0.1, 0.15) is 44.9 Å². The molecule has 1 saturated carbocycles. The van der Waals surface area contributed by atoms with Crippen LogP contribution in [-0.2, 0) is 0 Å². The molecule has 0 unspecified atom stereocenters. The molecular formula is C13H23NS. The van der Waals surface area contributed by atoms with Gasteiger partial charge in [-0.2, -0.15) is 11.8 Å². The second-order valence-electron chi connectivity index (χ2n) is 5.57. The number of piperidine rings is 3. The molecule has 0 amide bonds. The zero-order valence-electron chi connectivity index (χ0n) is 9.66. The van der Waals surface area contributed by atoms with E-state index < -0.39 is 0 Å². The molecule has 0 aromatic carbocycles. The molecule has 3 aliphatic heterocycles. The van der Waals surface area contributed by atoms with E-state index in [4.69, 9.17) is 0 Å². The van der Waals surface area contributed by atoms with Crippen molar-refractivity contribution < 1.29 is 0 Å². The van der Waals surface area contributed by atoms with Crippen LogP contribution in [0.2, 0.25) is 0 Å². The Balaban J connectivity index is 1.54. The zero-order valence-corrected chi connectivity index (χ0v) is 10.5. The van der Waals surface area contributed by atoms with Crippen molar-refractivity contribution in [1.29, 1.82) is 0 Å². The van der Waals surface area contributed by atoms with Gasteiger partial charge in [0.2, 0.25) is 0 Å². The van der Waals surface area contributed by atoms with Gasteiger partial charge < -0.3 is 4.90 Å². The Morgan fingerprint density at radius 2 is 1.60 bits per heavy atom. The molecule has 4 rings (SSSR count). The van der Waals surface area contributed by atoms with Crippen LogP contribution in [-0.4, -0.2) is 35.0 Å². The van der Waals surface area contributed by atoms with E-state index in [1.54, 1.807) is 0 Å². The molecule has 1 aliphatic carbocycles. The highest BCUT2D eigenvalue weighted by atomic mass is 32.2. The molecule has 3 saturated heterocycles. The van der Waals surface area contributed by atoms with Gasteiger partial charge >= 0.3 is 0 Å². The highest BCUT2D eigenvalue weighted by molar-refractivity contribution is 8.00. The second-order valence-corrected chi connectivity index (χ2v) is 7.12. The maximum Gasteiger partial charge on any atom is 0.0206 e. The van der Waals surface area contributed by atoms with E-state index in [1.165, 1.54) is 64.6 Å². The number of rotatable bonds is 2. The highest BCUT2D eigenvalue weighted by Gasteiger charge is 2.35. The minimum atomic E-state index is 0.996. The normalized spacial score (nSPS) is 42.0. The first-order valence-corrected chi connectivity index (χ1v) is 7.74. The molecule has 1 nitrogen and oxygen atoms in total. The van der Waals surface area contributed by atoms with Crippen molar-refractivity contribution in [2.45, 2.75) is 55.4 Å². The molecule has 15 heavy (non-hydrogen) atoms. The summed E-state index contributed by atoms with van der Waals surface area (Å²) in [6.45, 7) is 4.20. The molecule has 0 N–H and O–H groups in total. The van der Waals surface area contributed by atoms with E-state index in [1.807, 2.05) is 0 Å². The maximum atomic E-state index is 2.69. The molecular weight excluding hydrogens is 202 g/mol. The fraction of sp³-hybridized carbons (Fsp3) is 1.00. The summed E-state index contributed by atoms with van der Waals surface area (Å²) in [6.07, 6.45) is 10.5. The van der Waals surface area contributed by atoms with Gasteiger partial charge in [0, 0.05) is 17.0 Å². The fourth-order valence-electron chi connectivity index (χ4n) is 3.51. The van der Waals surface area contributed by atoms with Gasteiger partial charge in [-0.25, -0.2) is 0 Å². The first-order valence-electron chi connectivity index (χ1n) is 6.79. The molecule has 4 aliphatic rings. The third-order valence-corrected chi connectivity index (χ3v) is 6.26. The van der Waals surface area contributed by atoms with E-state index in [-0.39, 0.29) is 0 Å². The lowest BCUT2D eigenvalue weighted by atomic mass is 9.88. The predicted molar refractivity (Wildman–Crippen MR) is 67.4 cm³/mol. The van der Waals surface area contributed by atoms with E-state index in [2.05, 4.69) is 16.7 Å². The average molecular weight is 225 g/mol. The Kier molecular flexibility index (Phi) is 3.25. The first kappa shape index (κ1) is 10.5. The molecule has 1 atom stereocenters. The van der Waals surface area contributed by atoms with Crippen molar-refractivity contribution in [3.63, 3.8) is 0 Å². The summed E-state index contributed by atoms with van der Waals surface area (Å²) in [5, 5.41) is 2.01. The van der Waals surface area contributed by atoms with Crippen molar-refractivity contribution in [2.75, 3.05) is 19.6 Å². The van der Waals surface area contributed by atoms with Crippen molar-refractivity contribution in [1.82, 2.24) is 4.90 Å². The number of thioether (sulfide) groups is 1. The summed E-state index contributed by atoms with van der Waals surface area (Å²) in [6, 6.07) is 0. The van der Waals surface area contributed by atoms with Gasteiger partial charge in [-0.05, 0) is 44.7 Å². The summed E-state index contributed by atoms with van der Waals surface area (Å²) in [5.74, 6) is 1.07. The topological polar surface area (TPSA) is 3.24 Å². The first-order chi connectivity index (χ1) is 7.42. The second kappa shape index (κ2) is 4.67. The molecule has 4 fully saturated rings. The smallest absolute Gasteiger partial charge is 0.0206 e. The Hall–Kier alpha value is 0.310. The van der Waals surface area contributed by atoms with Crippen LogP contribution < -0.4 is 0 Å². The Morgan fingerprint density at radius 3 is 2.20 bits per heavy atom. The van der Waals surface area contributed by atoms with Crippen LogP contribution >= 0.6 is 11.8 Å². The van der Waals surface area contributed by atoms with Gasteiger partial charge in [0.25, 0.3) is 0 Å². The number of fused-ring (bicyclic) bond motifs is 3. The Labute approximate surface area is 98.0 Å². The molecule has 0 aromatic heterocycles. The summed E-state index contributed by atoms with van der Waals surface area (Å²) in [5.41, 5.74) is 0. The van der Waals surface area contributed by atoms with Crippen LogP contribution in [0.25, 0.3) is 0 Å². The third kappa shape index (κ3) is 2.36. The molecule has 0 aromatic rings. The van der Waals surface area contributed by atoms with Gasteiger partial charge in [0.05, 0.1) is 0 Å². The molecule has 2 bridgehead atoms. The molecule has 86 valence electrons. The number of nitrogens with zero attached hydrogens (tertiary/aromatic N) is 1. The van der Waals surface area contributed by atoms with Gasteiger partial charge in [-0.1, -0.05) is 19.3 Å². The average Bonchev–Trinajstić information content (AvgIpc) is 2.32.